The highest BCUT2D eigenvalue weighted by Crippen LogP contribution is 2.03. The van der Waals surface area contributed by atoms with Gasteiger partial charge >= 0.3 is 0 Å². The van der Waals surface area contributed by atoms with E-state index in [2.05, 4.69) is 26.4 Å². The summed E-state index contributed by atoms with van der Waals surface area (Å²) in [5, 5.41) is 3.88. The highest BCUT2D eigenvalue weighted by atomic mass is 16.2. The molecular weight excluding hydrogens is 218 g/mol. The van der Waals surface area contributed by atoms with Gasteiger partial charge in [-0.25, -0.2) is 10.9 Å². The Bertz CT molecular complexity index is 406. The maximum atomic E-state index is 11.6. The summed E-state index contributed by atoms with van der Waals surface area (Å²) in [4.78, 5) is 15.6. The minimum absolute atomic E-state index is 0.137. The summed E-state index contributed by atoms with van der Waals surface area (Å²) >= 11 is 0. The summed E-state index contributed by atoms with van der Waals surface area (Å²) in [7, 11) is 0. The van der Waals surface area contributed by atoms with E-state index in [0.717, 1.165) is 12.0 Å². The second kappa shape index (κ2) is 5.51. The third-order valence-corrected chi connectivity index (χ3v) is 2.48. The molecule has 0 saturated carbocycles. The first kappa shape index (κ1) is 11.7. The van der Waals surface area contributed by atoms with E-state index in [1.165, 1.54) is 0 Å². The number of hydrogen-bond donors (Lipinski definition) is 3. The fraction of sp³-hybridized carbons (Fsp3) is 0.364. The lowest BCUT2D eigenvalue weighted by Crippen LogP contribution is -2.41. The molecule has 1 aliphatic rings. The molecule has 6 heteroatoms. The Morgan fingerprint density at radius 2 is 2.53 bits per heavy atom. The first-order valence-corrected chi connectivity index (χ1v) is 5.49. The number of hydrazone groups is 1. The number of hydrazine groups is 1. The lowest BCUT2D eigenvalue weighted by molar-refractivity contribution is -0.122. The van der Waals surface area contributed by atoms with Crippen LogP contribution in [0.3, 0.4) is 0 Å². The van der Waals surface area contributed by atoms with Crippen molar-refractivity contribution in [3.8, 4) is 0 Å². The molecule has 2 unspecified atom stereocenters. The molecule has 0 spiro atoms. The number of rotatable bonds is 3. The van der Waals surface area contributed by atoms with Crippen LogP contribution in [0.2, 0.25) is 0 Å². The molecule has 0 aromatic carbocycles. The van der Waals surface area contributed by atoms with E-state index >= 15 is 0 Å². The average Bonchev–Trinajstić information content (AvgIpc) is 2.77. The van der Waals surface area contributed by atoms with Crippen molar-refractivity contribution in [3.05, 3.63) is 30.1 Å². The van der Waals surface area contributed by atoms with Crippen molar-refractivity contribution in [2.24, 2.45) is 5.10 Å². The first-order valence-electron chi connectivity index (χ1n) is 5.49. The highest BCUT2D eigenvalue weighted by molar-refractivity contribution is 5.84. The van der Waals surface area contributed by atoms with Gasteiger partial charge in [0.05, 0.1) is 6.21 Å². The number of hydrogen-bond acceptors (Lipinski definition) is 5. The van der Waals surface area contributed by atoms with Crippen LogP contribution in [0.25, 0.3) is 0 Å². The molecule has 2 atom stereocenters. The van der Waals surface area contributed by atoms with E-state index < -0.39 is 0 Å². The Labute approximate surface area is 99.5 Å². The number of nitrogens with one attached hydrogen (secondary N) is 3. The smallest absolute Gasteiger partial charge is 0.258 e. The van der Waals surface area contributed by atoms with Gasteiger partial charge in [-0.05, 0) is 19.4 Å². The van der Waals surface area contributed by atoms with E-state index in [4.69, 9.17) is 0 Å². The van der Waals surface area contributed by atoms with Crippen LogP contribution in [0.15, 0.2) is 29.6 Å². The van der Waals surface area contributed by atoms with E-state index in [1.807, 2.05) is 19.1 Å². The minimum atomic E-state index is -0.226. The summed E-state index contributed by atoms with van der Waals surface area (Å²) in [5.41, 5.74) is 9.23. The lowest BCUT2D eigenvalue weighted by atomic mass is 10.1. The van der Waals surface area contributed by atoms with Crippen LogP contribution >= 0.6 is 0 Å². The van der Waals surface area contributed by atoms with Gasteiger partial charge in [0, 0.05) is 24.0 Å². The summed E-state index contributed by atoms with van der Waals surface area (Å²) in [6, 6.07) is 3.75. The Kier molecular flexibility index (Phi) is 3.79. The normalized spacial score (nSPS) is 24.1. The molecule has 1 amide bonds. The number of nitrogens with zero attached hydrogens (tertiary/aromatic N) is 2. The molecule has 3 N–H and O–H groups in total. The zero-order valence-corrected chi connectivity index (χ0v) is 9.55. The van der Waals surface area contributed by atoms with Crippen LogP contribution in [-0.2, 0) is 4.79 Å². The Balaban J connectivity index is 1.82. The van der Waals surface area contributed by atoms with Crippen molar-refractivity contribution in [2.45, 2.75) is 25.4 Å². The second-order valence-electron chi connectivity index (χ2n) is 4.00. The molecule has 1 aromatic heterocycles. The topological polar surface area (TPSA) is 78.4 Å². The standard InChI is InChI=1S/C11H15N5O/c1-8-5-10(15-14-8)11(17)16-13-7-9-3-2-4-12-6-9/h2-4,6-8,10,14-15H,5H2,1H3,(H,16,17)/b13-7+. The van der Waals surface area contributed by atoms with E-state index in [-0.39, 0.29) is 11.9 Å². The fourth-order valence-electron chi connectivity index (χ4n) is 1.59. The predicted molar refractivity (Wildman–Crippen MR) is 64.1 cm³/mol. The van der Waals surface area contributed by atoms with Gasteiger partial charge < -0.3 is 0 Å². The van der Waals surface area contributed by atoms with Gasteiger partial charge in [0.2, 0.25) is 0 Å². The molecule has 1 aromatic rings. The lowest BCUT2D eigenvalue weighted by Gasteiger charge is -2.06. The van der Waals surface area contributed by atoms with Crippen molar-refractivity contribution < 1.29 is 4.79 Å². The Morgan fingerprint density at radius 1 is 1.65 bits per heavy atom. The van der Waals surface area contributed by atoms with Crippen LogP contribution in [0, 0.1) is 0 Å². The molecule has 0 bridgehead atoms. The molecule has 0 radical (unpaired) electrons. The third kappa shape index (κ3) is 3.33. The van der Waals surface area contributed by atoms with Crippen molar-refractivity contribution in [1.82, 2.24) is 21.3 Å². The van der Waals surface area contributed by atoms with E-state index in [9.17, 15) is 4.79 Å². The van der Waals surface area contributed by atoms with Gasteiger partial charge in [-0.1, -0.05) is 6.07 Å². The largest absolute Gasteiger partial charge is 0.271 e. The maximum Gasteiger partial charge on any atom is 0.258 e. The SMILES string of the molecule is CC1CC(C(=O)N/N=C/c2cccnc2)NN1. The quantitative estimate of drug-likeness (QED) is 0.498. The second-order valence-corrected chi connectivity index (χ2v) is 4.00. The molecule has 0 aliphatic carbocycles. The van der Waals surface area contributed by atoms with Gasteiger partial charge in [-0.3, -0.25) is 15.2 Å². The van der Waals surface area contributed by atoms with Crippen molar-refractivity contribution in [1.29, 1.82) is 0 Å². The molecular formula is C11H15N5O. The molecule has 6 nitrogen and oxygen atoms in total. The molecule has 1 fully saturated rings. The number of aromatic nitrogens is 1. The first-order chi connectivity index (χ1) is 8.25. The highest BCUT2D eigenvalue weighted by Gasteiger charge is 2.26. The summed E-state index contributed by atoms with van der Waals surface area (Å²) in [6.07, 6.45) is 5.68. The predicted octanol–water partition coefficient (Wildman–Crippen LogP) is -0.213. The van der Waals surface area contributed by atoms with Gasteiger partial charge in [-0.2, -0.15) is 5.10 Å². The summed E-state index contributed by atoms with van der Waals surface area (Å²) in [6.45, 7) is 2.01. The van der Waals surface area contributed by atoms with E-state index in [1.54, 1.807) is 18.6 Å². The van der Waals surface area contributed by atoms with E-state index in [0.29, 0.717) is 6.04 Å². The summed E-state index contributed by atoms with van der Waals surface area (Å²) < 4.78 is 0. The van der Waals surface area contributed by atoms with Gasteiger partial charge in [-0.15, -0.1) is 0 Å². The van der Waals surface area contributed by atoms with Gasteiger partial charge in [0.25, 0.3) is 5.91 Å². The number of carbonyl (C=O) groups is 1. The molecule has 90 valence electrons. The van der Waals surface area contributed by atoms with Crippen molar-refractivity contribution in [2.75, 3.05) is 0 Å². The summed E-state index contributed by atoms with van der Waals surface area (Å²) in [5.74, 6) is -0.137. The maximum absolute atomic E-state index is 11.6. The van der Waals surface area contributed by atoms with Crippen molar-refractivity contribution >= 4 is 12.1 Å². The van der Waals surface area contributed by atoms with Crippen LogP contribution in [-0.4, -0.2) is 29.2 Å². The third-order valence-electron chi connectivity index (χ3n) is 2.48. The van der Waals surface area contributed by atoms with Gasteiger partial charge in [0.1, 0.15) is 6.04 Å². The van der Waals surface area contributed by atoms with Crippen LogP contribution in [0.5, 0.6) is 0 Å². The fourth-order valence-corrected chi connectivity index (χ4v) is 1.59. The monoisotopic (exact) mass is 233 g/mol. The van der Waals surface area contributed by atoms with Crippen molar-refractivity contribution in [3.63, 3.8) is 0 Å². The number of amides is 1. The minimum Gasteiger partial charge on any atom is -0.271 e. The zero-order chi connectivity index (χ0) is 12.1. The average molecular weight is 233 g/mol. The number of carbonyl (C=O) groups excluding carboxylic acids is 1. The Morgan fingerprint density at radius 3 is 3.18 bits per heavy atom. The molecule has 2 rings (SSSR count). The molecule has 17 heavy (non-hydrogen) atoms. The molecule has 1 saturated heterocycles. The molecule has 2 heterocycles. The number of pyridine rings is 1. The zero-order valence-electron chi connectivity index (χ0n) is 9.55. The van der Waals surface area contributed by atoms with Crippen LogP contribution in [0.1, 0.15) is 18.9 Å². The van der Waals surface area contributed by atoms with Crippen LogP contribution < -0.4 is 16.3 Å². The van der Waals surface area contributed by atoms with Crippen LogP contribution in [0.4, 0.5) is 0 Å². The van der Waals surface area contributed by atoms with Gasteiger partial charge in [0.15, 0.2) is 0 Å². The molecule has 1 aliphatic heterocycles. The Hall–Kier alpha value is -1.79.